The number of non-ortho nitro benzene ring substituents is 1. The first-order chi connectivity index (χ1) is 17.1. The zero-order chi connectivity index (χ0) is 25.6. The summed E-state index contributed by atoms with van der Waals surface area (Å²) >= 11 is 0. The molecule has 0 unspecified atom stereocenters. The van der Waals surface area contributed by atoms with E-state index >= 15 is 0 Å². The van der Waals surface area contributed by atoms with Crippen LogP contribution in [0.25, 0.3) is 11.2 Å². The van der Waals surface area contributed by atoms with E-state index in [1.54, 1.807) is 19.1 Å². The van der Waals surface area contributed by atoms with Crippen LogP contribution in [0.5, 0.6) is 5.88 Å². The molecule has 1 saturated carbocycles. The average molecular weight is 506 g/mol. The minimum Gasteiger partial charge on any atom is -0.471 e. The second-order valence-corrected chi connectivity index (χ2v) is 9.02. The predicted octanol–water partition coefficient (Wildman–Crippen LogP) is 2.55. The van der Waals surface area contributed by atoms with Gasteiger partial charge in [0.25, 0.3) is 5.69 Å². The zero-order valence-electron chi connectivity index (χ0n) is 19.1. The number of aromatic nitrogens is 4. The molecule has 0 amide bonds. The predicted molar refractivity (Wildman–Crippen MR) is 121 cm³/mol. The Bertz CT molecular complexity index is 1270. The lowest BCUT2D eigenvalue weighted by Crippen LogP contribution is -2.31. The van der Waals surface area contributed by atoms with Crippen molar-refractivity contribution in [1.29, 1.82) is 0 Å². The topological polar surface area (TPSA) is 158 Å². The highest BCUT2D eigenvalue weighted by atomic mass is 19.3. The number of hydrogen-bond donors (Lipinski definition) is 3. The van der Waals surface area contributed by atoms with Gasteiger partial charge in [-0.15, -0.1) is 0 Å². The van der Waals surface area contributed by atoms with Crippen LogP contribution in [-0.4, -0.2) is 64.9 Å². The summed E-state index contributed by atoms with van der Waals surface area (Å²) in [7, 11) is 0. The Hall–Kier alpha value is -3.49. The quantitative estimate of drug-likeness (QED) is 0.321. The third-order valence-corrected chi connectivity index (χ3v) is 6.43. The highest BCUT2D eigenvalue weighted by molar-refractivity contribution is 5.79. The van der Waals surface area contributed by atoms with Gasteiger partial charge in [-0.1, -0.05) is 0 Å². The maximum atomic E-state index is 13.8. The van der Waals surface area contributed by atoms with Crippen molar-refractivity contribution in [2.45, 2.75) is 69.3 Å². The fourth-order valence-corrected chi connectivity index (χ4v) is 4.50. The molecule has 1 saturated heterocycles. The summed E-state index contributed by atoms with van der Waals surface area (Å²) < 4.78 is 40.6. The summed E-state index contributed by atoms with van der Waals surface area (Å²) in [5.74, 6) is -2.58. The lowest BCUT2D eigenvalue weighted by atomic mass is 10.1. The van der Waals surface area contributed by atoms with Crippen LogP contribution < -0.4 is 10.1 Å². The van der Waals surface area contributed by atoms with Crippen molar-refractivity contribution in [3.05, 3.63) is 46.3 Å². The molecule has 36 heavy (non-hydrogen) atoms. The largest absolute Gasteiger partial charge is 0.471 e. The van der Waals surface area contributed by atoms with Gasteiger partial charge in [0.2, 0.25) is 17.8 Å². The first-order valence-electron chi connectivity index (χ1n) is 11.4. The summed E-state index contributed by atoms with van der Waals surface area (Å²) in [6.07, 6.45) is -3.45. The number of rotatable bonds is 7. The normalized spacial score (nSPS) is 27.4. The second kappa shape index (κ2) is 9.19. The monoisotopic (exact) mass is 506 g/mol. The number of alkyl halides is 2. The maximum absolute atomic E-state index is 13.8. The van der Waals surface area contributed by atoms with Crippen molar-refractivity contribution in [3.8, 4) is 5.88 Å². The molecule has 2 aromatic heterocycles. The molecular formula is C22H24F2N6O6. The smallest absolute Gasteiger partial charge is 0.269 e. The number of ether oxygens (including phenoxy) is 2. The van der Waals surface area contributed by atoms with Gasteiger partial charge in [0.15, 0.2) is 17.4 Å². The van der Waals surface area contributed by atoms with E-state index in [1.807, 2.05) is 0 Å². The summed E-state index contributed by atoms with van der Waals surface area (Å²) in [4.78, 5) is 23.2. The molecule has 14 heteroatoms. The van der Waals surface area contributed by atoms with Crippen molar-refractivity contribution < 1.29 is 33.4 Å². The number of nitrogens with zero attached hydrogens (tertiary/aromatic N) is 5. The van der Waals surface area contributed by atoms with Crippen LogP contribution in [0.3, 0.4) is 0 Å². The van der Waals surface area contributed by atoms with E-state index in [9.17, 15) is 29.1 Å². The van der Waals surface area contributed by atoms with E-state index in [0.29, 0.717) is 5.56 Å². The van der Waals surface area contributed by atoms with E-state index in [0.717, 1.165) is 0 Å². The lowest BCUT2D eigenvalue weighted by Gasteiger charge is -2.21. The Kier molecular flexibility index (Phi) is 6.18. The van der Waals surface area contributed by atoms with Crippen molar-refractivity contribution in [2.24, 2.45) is 0 Å². The lowest BCUT2D eigenvalue weighted by molar-refractivity contribution is -0.384. The summed E-state index contributed by atoms with van der Waals surface area (Å²) in [6.45, 7) is 1.62. The molecule has 12 nitrogen and oxygen atoms in total. The molecule has 5 rings (SSSR count). The van der Waals surface area contributed by atoms with Crippen LogP contribution in [-0.2, 0) is 11.3 Å². The number of aliphatic hydroxyl groups excluding tert-OH is 2. The van der Waals surface area contributed by atoms with Gasteiger partial charge in [-0.25, -0.2) is 18.7 Å². The number of aliphatic hydroxyl groups is 2. The van der Waals surface area contributed by atoms with Crippen LogP contribution >= 0.6 is 0 Å². The van der Waals surface area contributed by atoms with Gasteiger partial charge >= 0.3 is 0 Å². The molecule has 2 fully saturated rings. The van der Waals surface area contributed by atoms with E-state index in [-0.39, 0.29) is 54.5 Å². The molecule has 2 aliphatic rings. The zero-order valence-corrected chi connectivity index (χ0v) is 19.1. The molecule has 0 radical (unpaired) electrons. The van der Waals surface area contributed by atoms with Gasteiger partial charge in [0.05, 0.1) is 11.0 Å². The van der Waals surface area contributed by atoms with E-state index < -0.39 is 41.4 Å². The molecule has 1 aliphatic carbocycles. The molecule has 3 heterocycles. The highest BCUT2D eigenvalue weighted by Crippen LogP contribution is 2.39. The Morgan fingerprint density at radius 2 is 2.03 bits per heavy atom. The molecule has 0 spiro atoms. The van der Waals surface area contributed by atoms with Crippen molar-refractivity contribution >= 4 is 22.8 Å². The van der Waals surface area contributed by atoms with E-state index in [2.05, 4.69) is 20.3 Å². The number of halogens is 2. The number of nitro groups is 1. The molecule has 1 aromatic carbocycles. The number of fused-ring (bicyclic) bond motifs is 1. The Morgan fingerprint density at radius 1 is 1.28 bits per heavy atom. The molecular weight excluding hydrogens is 482 g/mol. The van der Waals surface area contributed by atoms with Gasteiger partial charge in [-0.05, 0) is 31.0 Å². The number of anilines is 1. The average Bonchev–Trinajstić information content (AvgIpc) is 3.46. The van der Waals surface area contributed by atoms with Crippen LogP contribution in [0.1, 0.15) is 38.0 Å². The number of benzene rings is 1. The SMILES string of the molecule is C[C@H]1O[C@@H](n2c(N[C@@H]3CCC(F)(F)C3)nc3c(OCc4ccc([N+](=O)[O-])cc4)ncnc32)[C@H](O)[C@@H]1O. The molecule has 0 bridgehead atoms. The standard InChI is InChI=1S/C22H24F2N6O6/c1-11-16(31)17(32)20(36-11)29-18-15(28-21(29)27-13-6-7-22(23,24)8-13)19(26-10-25-18)35-9-12-2-4-14(5-3-12)30(33)34/h2-5,10-11,13,16-17,20,31-32H,6-9H2,1H3,(H,27,28)/t11-,13-,16-,17-,20-/m1/s1. The van der Waals surface area contributed by atoms with Crippen molar-refractivity contribution in [2.75, 3.05) is 5.32 Å². The van der Waals surface area contributed by atoms with Gasteiger partial charge < -0.3 is 25.0 Å². The third kappa shape index (κ3) is 4.54. The molecule has 192 valence electrons. The van der Waals surface area contributed by atoms with Gasteiger partial charge in [-0.2, -0.15) is 4.98 Å². The molecule has 3 aromatic rings. The molecule has 1 aliphatic heterocycles. The van der Waals surface area contributed by atoms with Gasteiger partial charge in [-0.3, -0.25) is 14.7 Å². The Balaban J connectivity index is 1.48. The summed E-state index contributed by atoms with van der Waals surface area (Å²) in [6, 6.07) is 5.23. The third-order valence-electron chi connectivity index (χ3n) is 6.43. The van der Waals surface area contributed by atoms with Crippen LogP contribution in [0.15, 0.2) is 30.6 Å². The van der Waals surface area contributed by atoms with E-state index in [4.69, 9.17) is 9.47 Å². The van der Waals surface area contributed by atoms with E-state index in [1.165, 1.54) is 23.0 Å². The molecule has 3 N–H and O–H groups in total. The van der Waals surface area contributed by atoms with Gasteiger partial charge in [0, 0.05) is 31.0 Å². The Morgan fingerprint density at radius 3 is 2.64 bits per heavy atom. The number of imidazole rings is 1. The highest BCUT2D eigenvalue weighted by Gasteiger charge is 2.44. The second-order valence-electron chi connectivity index (χ2n) is 9.02. The number of hydrogen-bond acceptors (Lipinski definition) is 10. The summed E-state index contributed by atoms with van der Waals surface area (Å²) in [5, 5.41) is 34.7. The van der Waals surface area contributed by atoms with Crippen LogP contribution in [0.4, 0.5) is 20.4 Å². The fourth-order valence-electron chi connectivity index (χ4n) is 4.50. The van der Waals surface area contributed by atoms with Crippen LogP contribution in [0.2, 0.25) is 0 Å². The first-order valence-corrected chi connectivity index (χ1v) is 11.4. The maximum Gasteiger partial charge on any atom is 0.269 e. The minimum atomic E-state index is -2.79. The number of nitrogens with one attached hydrogen (secondary N) is 1. The first kappa shape index (κ1) is 24.2. The van der Waals surface area contributed by atoms with Gasteiger partial charge in [0.1, 0.15) is 25.1 Å². The number of nitro benzene ring substituents is 1. The van der Waals surface area contributed by atoms with Crippen molar-refractivity contribution in [1.82, 2.24) is 19.5 Å². The van der Waals surface area contributed by atoms with Crippen LogP contribution in [0, 0.1) is 10.1 Å². The Labute approximate surface area is 203 Å². The summed E-state index contributed by atoms with van der Waals surface area (Å²) in [5.41, 5.74) is 0.990. The van der Waals surface area contributed by atoms with Crippen molar-refractivity contribution in [3.63, 3.8) is 0 Å². The molecule has 5 atom stereocenters. The fraction of sp³-hybridized carbons (Fsp3) is 0.500. The minimum absolute atomic E-state index is 0.0207.